The van der Waals surface area contributed by atoms with Crippen LogP contribution in [0.3, 0.4) is 0 Å². The highest BCUT2D eigenvalue weighted by atomic mass is 35.5. The first-order chi connectivity index (χ1) is 12.5. The zero-order valence-electron chi connectivity index (χ0n) is 14.9. The van der Waals surface area contributed by atoms with Gasteiger partial charge in [-0.2, -0.15) is 0 Å². The highest BCUT2D eigenvalue weighted by molar-refractivity contribution is 6.34. The van der Waals surface area contributed by atoms with Crippen LogP contribution >= 0.6 is 11.6 Å². The Kier molecular flexibility index (Phi) is 5.81. The molecule has 2 amide bonds. The number of amides is 2. The van der Waals surface area contributed by atoms with Crippen molar-refractivity contribution in [3.05, 3.63) is 28.8 Å². The van der Waals surface area contributed by atoms with Crippen LogP contribution in [0.5, 0.6) is 0 Å². The van der Waals surface area contributed by atoms with Gasteiger partial charge in [-0.05, 0) is 43.4 Å². The van der Waals surface area contributed by atoms with Gasteiger partial charge in [-0.1, -0.05) is 18.5 Å². The third kappa shape index (κ3) is 4.18. The van der Waals surface area contributed by atoms with Crippen LogP contribution in [0.15, 0.2) is 18.2 Å². The number of carbonyl (C=O) groups is 3. The molecule has 0 aromatic heterocycles. The number of ether oxygens (including phenoxy) is 1. The van der Waals surface area contributed by atoms with Gasteiger partial charge in [-0.25, -0.2) is 4.79 Å². The zero-order valence-corrected chi connectivity index (χ0v) is 15.6. The molecular weight excluding hydrogens is 356 g/mol. The first-order valence-electron chi connectivity index (χ1n) is 9.00. The second-order valence-corrected chi connectivity index (χ2v) is 7.39. The summed E-state index contributed by atoms with van der Waals surface area (Å²) in [4.78, 5) is 39.8. The van der Waals surface area contributed by atoms with Crippen LogP contribution in [0.1, 0.15) is 43.0 Å². The monoisotopic (exact) mass is 378 g/mol. The average molecular weight is 379 g/mol. The predicted octanol–water partition coefficient (Wildman–Crippen LogP) is 2.88. The molecule has 2 saturated heterocycles. The lowest BCUT2D eigenvalue weighted by atomic mass is 10.0. The number of hydrogen-bond acceptors (Lipinski definition) is 4. The van der Waals surface area contributed by atoms with Gasteiger partial charge >= 0.3 is 5.97 Å². The number of nitrogens with zero attached hydrogens (tertiary/aromatic N) is 2. The van der Waals surface area contributed by atoms with Crippen LogP contribution in [0.2, 0.25) is 5.02 Å². The number of rotatable bonds is 4. The Balaban J connectivity index is 1.63. The van der Waals surface area contributed by atoms with E-state index in [0.29, 0.717) is 42.7 Å². The van der Waals surface area contributed by atoms with Crippen molar-refractivity contribution in [1.82, 2.24) is 4.90 Å². The minimum Gasteiger partial charge on any atom is -0.452 e. The number of esters is 1. The second-order valence-electron chi connectivity index (χ2n) is 6.98. The van der Waals surface area contributed by atoms with Gasteiger partial charge in [0.25, 0.3) is 5.91 Å². The number of benzene rings is 1. The maximum atomic E-state index is 12.3. The molecule has 0 N–H and O–H groups in total. The molecule has 6 nitrogen and oxygen atoms in total. The number of likely N-dealkylation sites (tertiary alicyclic amines) is 1. The predicted molar refractivity (Wildman–Crippen MR) is 98.3 cm³/mol. The SMILES string of the molecule is C[C@H]1CCCN(C(=O)COC(=O)c2ccc(Cl)c(N3CCCC3=O)c2)C1. The molecule has 7 heteroatoms. The van der Waals surface area contributed by atoms with Gasteiger partial charge in [0.2, 0.25) is 5.91 Å². The van der Waals surface area contributed by atoms with E-state index >= 15 is 0 Å². The van der Waals surface area contributed by atoms with Crippen LogP contribution < -0.4 is 4.90 Å². The molecule has 0 unspecified atom stereocenters. The highest BCUT2D eigenvalue weighted by Crippen LogP contribution is 2.30. The molecule has 0 aliphatic carbocycles. The van der Waals surface area contributed by atoms with E-state index in [1.54, 1.807) is 28.0 Å². The first kappa shape index (κ1) is 18.7. The highest BCUT2D eigenvalue weighted by Gasteiger charge is 2.25. The number of anilines is 1. The number of carbonyl (C=O) groups excluding carboxylic acids is 3. The normalized spacial score (nSPS) is 20.4. The van der Waals surface area contributed by atoms with Gasteiger partial charge in [0.15, 0.2) is 6.61 Å². The van der Waals surface area contributed by atoms with Gasteiger partial charge in [-0.15, -0.1) is 0 Å². The lowest BCUT2D eigenvalue weighted by Crippen LogP contribution is -2.41. The number of halogens is 1. The molecule has 0 radical (unpaired) electrons. The zero-order chi connectivity index (χ0) is 18.7. The van der Waals surface area contributed by atoms with Crippen molar-refractivity contribution in [2.24, 2.45) is 5.92 Å². The lowest BCUT2D eigenvalue weighted by Gasteiger charge is -2.30. The maximum absolute atomic E-state index is 12.3. The largest absolute Gasteiger partial charge is 0.452 e. The van der Waals surface area contributed by atoms with Crippen molar-refractivity contribution >= 4 is 35.1 Å². The van der Waals surface area contributed by atoms with E-state index < -0.39 is 5.97 Å². The van der Waals surface area contributed by atoms with Crippen molar-refractivity contribution in [1.29, 1.82) is 0 Å². The molecule has 2 aliphatic heterocycles. The van der Waals surface area contributed by atoms with E-state index in [-0.39, 0.29) is 24.0 Å². The Morgan fingerprint density at radius 3 is 2.77 bits per heavy atom. The summed E-state index contributed by atoms with van der Waals surface area (Å²) in [6.45, 7) is 3.84. The lowest BCUT2D eigenvalue weighted by molar-refractivity contribution is -0.136. The summed E-state index contributed by atoms with van der Waals surface area (Å²) in [5.41, 5.74) is 0.795. The molecule has 0 spiro atoms. The Morgan fingerprint density at radius 2 is 2.08 bits per heavy atom. The van der Waals surface area contributed by atoms with Crippen LogP contribution in [0, 0.1) is 5.92 Å². The van der Waals surface area contributed by atoms with Crippen molar-refractivity contribution in [3.8, 4) is 0 Å². The Hall–Kier alpha value is -2.08. The molecule has 0 saturated carbocycles. The second kappa shape index (κ2) is 8.08. The molecule has 1 aromatic rings. The van der Waals surface area contributed by atoms with Crippen molar-refractivity contribution in [3.63, 3.8) is 0 Å². The summed E-state index contributed by atoms with van der Waals surface area (Å²) in [5.74, 6) is -0.297. The standard InChI is InChI=1S/C19H23ClN2O4/c1-13-4-2-8-21(11-13)18(24)12-26-19(25)14-6-7-15(20)16(10-14)22-9-3-5-17(22)23/h6-7,10,13H,2-5,8-9,11-12H2,1H3/t13-/m0/s1. The summed E-state index contributed by atoms with van der Waals surface area (Å²) in [5, 5.41) is 0.412. The summed E-state index contributed by atoms with van der Waals surface area (Å²) in [6.07, 6.45) is 3.35. The Bertz CT molecular complexity index is 721. The van der Waals surface area contributed by atoms with Gasteiger partial charge in [0.05, 0.1) is 16.3 Å². The molecule has 3 rings (SSSR count). The number of hydrogen-bond donors (Lipinski definition) is 0. The average Bonchev–Trinajstić information content (AvgIpc) is 3.05. The van der Waals surface area contributed by atoms with Crippen LogP contribution in [-0.2, 0) is 14.3 Å². The minimum absolute atomic E-state index is 0.00758. The fourth-order valence-electron chi connectivity index (χ4n) is 3.47. The van der Waals surface area contributed by atoms with E-state index in [1.165, 1.54) is 0 Å². The van der Waals surface area contributed by atoms with Crippen LogP contribution in [0.25, 0.3) is 0 Å². The third-order valence-corrected chi connectivity index (χ3v) is 5.20. The first-order valence-corrected chi connectivity index (χ1v) is 9.38. The smallest absolute Gasteiger partial charge is 0.338 e. The topological polar surface area (TPSA) is 66.9 Å². The van der Waals surface area contributed by atoms with E-state index in [2.05, 4.69) is 6.92 Å². The van der Waals surface area contributed by atoms with Gasteiger partial charge in [0.1, 0.15) is 0 Å². The molecule has 1 aromatic carbocycles. The molecule has 2 heterocycles. The van der Waals surface area contributed by atoms with Crippen molar-refractivity contribution < 1.29 is 19.1 Å². The molecule has 0 bridgehead atoms. The quantitative estimate of drug-likeness (QED) is 0.755. The number of piperidine rings is 1. The molecule has 140 valence electrons. The minimum atomic E-state index is -0.590. The van der Waals surface area contributed by atoms with E-state index in [1.807, 2.05) is 0 Å². The van der Waals surface area contributed by atoms with Crippen LogP contribution in [0.4, 0.5) is 5.69 Å². The fourth-order valence-corrected chi connectivity index (χ4v) is 3.69. The summed E-state index contributed by atoms with van der Waals surface area (Å²) < 4.78 is 5.19. The summed E-state index contributed by atoms with van der Waals surface area (Å²) >= 11 is 6.18. The molecule has 2 fully saturated rings. The Labute approximate surface area is 158 Å². The fraction of sp³-hybridized carbons (Fsp3) is 0.526. The molecule has 26 heavy (non-hydrogen) atoms. The summed E-state index contributed by atoms with van der Waals surface area (Å²) in [6, 6.07) is 4.68. The van der Waals surface area contributed by atoms with Gasteiger partial charge < -0.3 is 14.5 Å². The molecule has 2 aliphatic rings. The summed E-state index contributed by atoms with van der Waals surface area (Å²) in [7, 11) is 0. The van der Waals surface area contributed by atoms with Crippen molar-refractivity contribution in [2.45, 2.75) is 32.6 Å². The van der Waals surface area contributed by atoms with Gasteiger partial charge in [-0.3, -0.25) is 9.59 Å². The maximum Gasteiger partial charge on any atom is 0.338 e. The van der Waals surface area contributed by atoms with Crippen molar-refractivity contribution in [2.75, 3.05) is 31.1 Å². The van der Waals surface area contributed by atoms with Gasteiger partial charge in [0, 0.05) is 26.1 Å². The Morgan fingerprint density at radius 1 is 1.27 bits per heavy atom. The van der Waals surface area contributed by atoms with E-state index in [9.17, 15) is 14.4 Å². The van der Waals surface area contributed by atoms with E-state index in [4.69, 9.17) is 16.3 Å². The van der Waals surface area contributed by atoms with E-state index in [0.717, 1.165) is 19.3 Å². The van der Waals surface area contributed by atoms with Crippen LogP contribution in [-0.4, -0.2) is 48.9 Å². The molecule has 1 atom stereocenters. The molecular formula is C19H23ClN2O4. The third-order valence-electron chi connectivity index (χ3n) is 4.88.